The van der Waals surface area contributed by atoms with Crippen LogP contribution in [0.4, 0.5) is 0 Å². The summed E-state index contributed by atoms with van der Waals surface area (Å²) in [6.45, 7) is 0. The molecule has 1 saturated carbocycles. The third-order valence-electron chi connectivity index (χ3n) is 6.09. The maximum Gasteiger partial charge on any atom is 0.293 e. The average molecular weight is 515 g/mol. The van der Waals surface area contributed by atoms with Crippen molar-refractivity contribution in [2.24, 2.45) is 7.05 Å². The number of aryl methyl sites for hydroxylation is 1. The smallest absolute Gasteiger partial charge is 0.293 e. The SMILES string of the molecule is Cn1cccc(Oc2cc(Oc3ccc(S(=O)(=O)C4CC4)cc3)cc3[nH]c(-c4ccccn4)nc23)c1=O. The first kappa shape index (κ1) is 23.0. The van der Waals surface area contributed by atoms with Gasteiger partial charge in [0.1, 0.15) is 22.7 Å². The van der Waals surface area contributed by atoms with Crippen LogP contribution in [0.3, 0.4) is 0 Å². The van der Waals surface area contributed by atoms with Gasteiger partial charge in [-0.1, -0.05) is 6.07 Å². The van der Waals surface area contributed by atoms with E-state index < -0.39 is 9.84 Å². The van der Waals surface area contributed by atoms with Crippen molar-refractivity contribution in [2.75, 3.05) is 0 Å². The Labute approximate surface area is 212 Å². The zero-order valence-corrected chi connectivity index (χ0v) is 20.6. The van der Waals surface area contributed by atoms with Gasteiger partial charge in [-0.25, -0.2) is 13.4 Å². The first-order valence-corrected chi connectivity index (χ1v) is 13.2. The third-order valence-corrected chi connectivity index (χ3v) is 8.37. The number of nitrogens with zero attached hydrogens (tertiary/aromatic N) is 3. The van der Waals surface area contributed by atoms with Gasteiger partial charge < -0.3 is 19.0 Å². The van der Waals surface area contributed by atoms with Crippen LogP contribution in [-0.2, 0) is 16.9 Å². The van der Waals surface area contributed by atoms with Gasteiger partial charge in [-0.15, -0.1) is 0 Å². The first-order valence-electron chi connectivity index (χ1n) is 11.7. The Morgan fingerprint density at radius 3 is 2.49 bits per heavy atom. The van der Waals surface area contributed by atoms with Crippen molar-refractivity contribution < 1.29 is 17.9 Å². The summed E-state index contributed by atoms with van der Waals surface area (Å²) in [6.07, 6.45) is 4.73. The lowest BCUT2D eigenvalue weighted by Crippen LogP contribution is -2.16. The molecule has 5 aromatic rings. The number of benzene rings is 2. The third kappa shape index (κ3) is 4.47. The van der Waals surface area contributed by atoms with Crippen LogP contribution in [0.15, 0.2) is 88.8 Å². The van der Waals surface area contributed by atoms with Crippen LogP contribution in [-0.4, -0.2) is 33.2 Å². The molecule has 186 valence electrons. The van der Waals surface area contributed by atoms with Gasteiger partial charge in [0, 0.05) is 31.6 Å². The van der Waals surface area contributed by atoms with Crippen LogP contribution >= 0.6 is 0 Å². The molecule has 0 aliphatic heterocycles. The number of sulfone groups is 1. The fraction of sp³-hybridized carbons (Fsp3) is 0.148. The lowest BCUT2D eigenvalue weighted by molar-refractivity contribution is 0.457. The molecule has 3 aromatic heterocycles. The van der Waals surface area contributed by atoms with E-state index in [1.807, 2.05) is 18.2 Å². The molecule has 9 nitrogen and oxygen atoms in total. The molecular weight excluding hydrogens is 492 g/mol. The van der Waals surface area contributed by atoms with E-state index in [0.717, 1.165) is 0 Å². The van der Waals surface area contributed by atoms with Gasteiger partial charge in [0.25, 0.3) is 5.56 Å². The molecule has 0 amide bonds. The maximum atomic E-state index is 12.6. The van der Waals surface area contributed by atoms with Crippen LogP contribution in [0.2, 0.25) is 0 Å². The number of fused-ring (bicyclic) bond motifs is 1. The van der Waals surface area contributed by atoms with Crippen LogP contribution in [0, 0.1) is 0 Å². The van der Waals surface area contributed by atoms with Gasteiger partial charge in [0.15, 0.2) is 27.2 Å². The van der Waals surface area contributed by atoms with Crippen LogP contribution in [0.1, 0.15) is 12.8 Å². The van der Waals surface area contributed by atoms with Gasteiger partial charge in [-0.2, -0.15) is 0 Å². The lowest BCUT2D eigenvalue weighted by atomic mass is 10.2. The molecular formula is C27H22N4O5S. The Hall–Kier alpha value is -4.44. The molecule has 1 aliphatic rings. The van der Waals surface area contributed by atoms with Crippen molar-refractivity contribution in [3.63, 3.8) is 0 Å². The number of aromatic nitrogens is 4. The monoisotopic (exact) mass is 514 g/mol. The first-order chi connectivity index (χ1) is 17.9. The minimum Gasteiger partial charge on any atom is -0.457 e. The Morgan fingerprint density at radius 2 is 1.76 bits per heavy atom. The standard InChI is InChI=1S/C27H22N4O5S/c1-31-14-4-6-23(27(31)32)36-24-16-18(15-22-25(24)30-26(29-22)21-5-2-3-13-28-21)35-17-7-9-19(10-8-17)37(33,34)20-11-12-20/h2-10,13-16,20H,11-12H2,1H3,(H,29,30). The highest BCUT2D eigenvalue weighted by molar-refractivity contribution is 7.92. The van der Waals surface area contributed by atoms with Crippen molar-refractivity contribution in [1.29, 1.82) is 0 Å². The number of rotatable bonds is 7. The molecule has 0 bridgehead atoms. The van der Waals surface area contributed by atoms with E-state index in [-0.39, 0.29) is 21.5 Å². The summed E-state index contributed by atoms with van der Waals surface area (Å²) in [6, 6.07) is 18.6. The maximum absolute atomic E-state index is 12.6. The second-order valence-electron chi connectivity index (χ2n) is 8.83. The highest BCUT2D eigenvalue weighted by atomic mass is 32.2. The molecule has 0 atom stereocenters. The molecule has 1 N–H and O–H groups in total. The molecule has 1 aliphatic carbocycles. The number of ether oxygens (including phenoxy) is 2. The topological polar surface area (TPSA) is 116 Å². The highest BCUT2D eigenvalue weighted by Crippen LogP contribution is 2.37. The molecule has 0 saturated heterocycles. The van der Waals surface area contributed by atoms with Gasteiger partial charge in [0.05, 0.1) is 15.7 Å². The van der Waals surface area contributed by atoms with E-state index in [4.69, 9.17) is 9.47 Å². The summed E-state index contributed by atoms with van der Waals surface area (Å²) in [7, 11) is -1.64. The van der Waals surface area contributed by atoms with E-state index in [0.29, 0.717) is 52.6 Å². The van der Waals surface area contributed by atoms with E-state index >= 15 is 0 Å². The lowest BCUT2D eigenvalue weighted by Gasteiger charge is -2.11. The Morgan fingerprint density at radius 1 is 0.946 bits per heavy atom. The number of nitrogens with one attached hydrogen (secondary N) is 1. The molecule has 6 rings (SSSR count). The summed E-state index contributed by atoms with van der Waals surface area (Å²) in [5.41, 5.74) is 1.48. The summed E-state index contributed by atoms with van der Waals surface area (Å²) in [5, 5.41) is -0.277. The van der Waals surface area contributed by atoms with Crippen LogP contribution in [0.25, 0.3) is 22.6 Å². The van der Waals surface area contributed by atoms with Crippen molar-refractivity contribution in [1.82, 2.24) is 19.5 Å². The number of H-pyrrole nitrogens is 1. The van der Waals surface area contributed by atoms with E-state index in [1.165, 1.54) is 4.57 Å². The van der Waals surface area contributed by atoms with Crippen molar-refractivity contribution in [3.05, 3.63) is 89.5 Å². The molecule has 2 aromatic carbocycles. The minimum atomic E-state index is -3.28. The average Bonchev–Trinajstić information content (AvgIpc) is 3.68. The fourth-order valence-corrected chi connectivity index (χ4v) is 5.65. The Kier molecular flexibility index (Phi) is 5.53. The van der Waals surface area contributed by atoms with Gasteiger partial charge in [-0.05, 0) is 61.4 Å². The number of imidazole rings is 1. The molecule has 37 heavy (non-hydrogen) atoms. The predicted octanol–water partition coefficient (Wildman–Crippen LogP) is 4.84. The minimum absolute atomic E-state index is 0.139. The Balaban J connectivity index is 1.39. The zero-order valence-electron chi connectivity index (χ0n) is 19.8. The van der Waals surface area contributed by atoms with Gasteiger partial charge in [0.2, 0.25) is 0 Å². The summed E-state index contributed by atoms with van der Waals surface area (Å²) in [5.74, 6) is 1.88. The second-order valence-corrected chi connectivity index (χ2v) is 11.1. The van der Waals surface area contributed by atoms with Gasteiger partial charge >= 0.3 is 0 Å². The van der Waals surface area contributed by atoms with Crippen LogP contribution in [0.5, 0.6) is 23.0 Å². The van der Waals surface area contributed by atoms with Crippen molar-refractivity contribution >= 4 is 20.9 Å². The second kappa shape index (κ2) is 8.90. The summed E-state index contributed by atoms with van der Waals surface area (Å²) in [4.78, 5) is 25.1. The zero-order chi connectivity index (χ0) is 25.6. The van der Waals surface area contributed by atoms with Gasteiger partial charge in [-0.3, -0.25) is 9.78 Å². The highest BCUT2D eigenvalue weighted by Gasteiger charge is 2.36. The molecule has 0 unspecified atom stereocenters. The molecule has 0 radical (unpaired) electrons. The van der Waals surface area contributed by atoms with E-state index in [2.05, 4.69) is 15.0 Å². The Bertz CT molecular complexity index is 1770. The summed E-state index contributed by atoms with van der Waals surface area (Å²) < 4.78 is 38.5. The van der Waals surface area contributed by atoms with Crippen molar-refractivity contribution in [2.45, 2.75) is 23.0 Å². The number of pyridine rings is 2. The molecule has 1 fully saturated rings. The quantitative estimate of drug-likeness (QED) is 0.330. The number of hydrogen-bond acceptors (Lipinski definition) is 7. The number of hydrogen-bond donors (Lipinski definition) is 1. The van der Waals surface area contributed by atoms with E-state index in [9.17, 15) is 13.2 Å². The van der Waals surface area contributed by atoms with E-state index in [1.54, 1.807) is 68.0 Å². The fourth-order valence-electron chi connectivity index (χ4n) is 3.99. The molecule has 0 spiro atoms. The predicted molar refractivity (Wildman–Crippen MR) is 138 cm³/mol. The van der Waals surface area contributed by atoms with Crippen molar-refractivity contribution in [3.8, 4) is 34.5 Å². The number of aromatic amines is 1. The molecule has 3 heterocycles. The normalized spacial score (nSPS) is 13.5. The summed E-state index contributed by atoms with van der Waals surface area (Å²) >= 11 is 0. The molecule has 10 heteroatoms. The van der Waals surface area contributed by atoms with Crippen LogP contribution < -0.4 is 15.0 Å². The largest absolute Gasteiger partial charge is 0.457 e.